The van der Waals surface area contributed by atoms with E-state index in [9.17, 15) is 9.90 Å². The largest absolute Gasteiger partial charge is 0.386 e. The van der Waals surface area contributed by atoms with Gasteiger partial charge in [0.25, 0.3) is 5.91 Å². The van der Waals surface area contributed by atoms with Crippen molar-refractivity contribution in [2.24, 2.45) is 0 Å². The molecule has 7 heteroatoms. The van der Waals surface area contributed by atoms with Crippen molar-refractivity contribution in [3.8, 4) is 11.3 Å². The van der Waals surface area contributed by atoms with Gasteiger partial charge in [0, 0.05) is 44.3 Å². The monoisotopic (exact) mass is 493 g/mol. The Bertz CT molecular complexity index is 1320. The lowest BCUT2D eigenvalue weighted by atomic mass is 9.92. The Morgan fingerprint density at radius 1 is 1.03 bits per heavy atom. The number of nitrogens with zero attached hydrogens (tertiary/aromatic N) is 5. The van der Waals surface area contributed by atoms with Crippen LogP contribution in [-0.2, 0) is 6.54 Å². The van der Waals surface area contributed by atoms with Crippen LogP contribution in [0.4, 0.5) is 5.95 Å². The van der Waals surface area contributed by atoms with Crippen LogP contribution in [0.25, 0.3) is 11.3 Å². The molecule has 1 aliphatic heterocycles. The smallest absolute Gasteiger partial charge is 0.258 e. The molecule has 2 atom stereocenters. The number of aliphatic hydroxyl groups excluding tert-OH is 1. The summed E-state index contributed by atoms with van der Waals surface area (Å²) < 4.78 is 0. The Morgan fingerprint density at radius 3 is 2.46 bits per heavy atom. The summed E-state index contributed by atoms with van der Waals surface area (Å²) in [5.41, 5.74) is 3.80. The lowest BCUT2D eigenvalue weighted by molar-refractivity contribution is 0.0211. The first-order valence-electron chi connectivity index (χ1n) is 12.7. The number of amides is 1. The number of pyridine rings is 1. The van der Waals surface area contributed by atoms with E-state index in [1.807, 2.05) is 60.5 Å². The van der Waals surface area contributed by atoms with Crippen molar-refractivity contribution in [1.29, 1.82) is 0 Å². The minimum absolute atomic E-state index is 0.158. The van der Waals surface area contributed by atoms with E-state index in [1.165, 1.54) is 0 Å². The fraction of sp³-hybridized carbons (Fsp3) is 0.267. The first-order chi connectivity index (χ1) is 18.1. The van der Waals surface area contributed by atoms with Crippen LogP contribution in [-0.4, -0.2) is 50.5 Å². The zero-order chi connectivity index (χ0) is 25.6. The van der Waals surface area contributed by atoms with Crippen LogP contribution < -0.4 is 4.90 Å². The molecule has 5 rings (SSSR count). The summed E-state index contributed by atoms with van der Waals surface area (Å²) in [6.45, 7) is 1.23. The number of aromatic nitrogens is 3. The molecule has 1 fully saturated rings. The van der Waals surface area contributed by atoms with Crippen LogP contribution in [0.5, 0.6) is 0 Å². The second-order valence-corrected chi connectivity index (χ2v) is 9.43. The Labute approximate surface area is 217 Å². The molecule has 0 saturated carbocycles. The zero-order valence-electron chi connectivity index (χ0n) is 20.9. The number of benzene rings is 2. The maximum atomic E-state index is 14.0. The molecule has 7 nitrogen and oxygen atoms in total. The molecule has 37 heavy (non-hydrogen) atoms. The summed E-state index contributed by atoms with van der Waals surface area (Å²) in [4.78, 5) is 31.3. The number of piperidine rings is 1. The Balaban J connectivity index is 1.48. The van der Waals surface area contributed by atoms with Crippen LogP contribution in [0.3, 0.4) is 0 Å². The van der Waals surface area contributed by atoms with Crippen LogP contribution in [0, 0.1) is 0 Å². The van der Waals surface area contributed by atoms with E-state index in [4.69, 9.17) is 4.98 Å². The maximum absolute atomic E-state index is 14.0. The molecule has 0 spiro atoms. The number of hydrogen-bond acceptors (Lipinski definition) is 6. The van der Waals surface area contributed by atoms with Gasteiger partial charge in [-0.25, -0.2) is 9.97 Å². The third-order valence-corrected chi connectivity index (χ3v) is 6.88. The summed E-state index contributed by atoms with van der Waals surface area (Å²) in [7, 11) is 1.95. The maximum Gasteiger partial charge on any atom is 0.258 e. The fourth-order valence-electron chi connectivity index (χ4n) is 4.93. The van der Waals surface area contributed by atoms with Gasteiger partial charge < -0.3 is 14.9 Å². The number of rotatable bonds is 7. The summed E-state index contributed by atoms with van der Waals surface area (Å²) in [5.74, 6) is 0.389. The summed E-state index contributed by atoms with van der Waals surface area (Å²) >= 11 is 0. The van der Waals surface area contributed by atoms with Gasteiger partial charge in [-0.1, -0.05) is 60.7 Å². The average Bonchev–Trinajstić information content (AvgIpc) is 2.97. The van der Waals surface area contributed by atoms with E-state index in [1.54, 1.807) is 35.6 Å². The van der Waals surface area contributed by atoms with Crippen LogP contribution in [0.2, 0.25) is 0 Å². The normalized spacial score (nSPS) is 16.3. The Morgan fingerprint density at radius 2 is 1.73 bits per heavy atom. The van der Waals surface area contributed by atoms with E-state index in [2.05, 4.69) is 22.1 Å². The molecule has 1 amide bonds. The molecule has 1 aliphatic rings. The number of aliphatic hydroxyl groups is 1. The zero-order valence-corrected chi connectivity index (χ0v) is 20.9. The van der Waals surface area contributed by atoms with Gasteiger partial charge in [-0.15, -0.1) is 0 Å². The molecule has 0 bridgehead atoms. The van der Waals surface area contributed by atoms with Crippen molar-refractivity contribution in [3.05, 3.63) is 108 Å². The molecule has 3 heterocycles. The molecule has 1 saturated heterocycles. The van der Waals surface area contributed by atoms with Crippen LogP contribution in [0.15, 0.2) is 91.4 Å². The molecule has 188 valence electrons. The number of carbonyl (C=O) groups is 1. The number of anilines is 1. The Hall–Kier alpha value is -4.10. The minimum atomic E-state index is -0.787. The molecule has 0 radical (unpaired) electrons. The first-order valence-corrected chi connectivity index (χ1v) is 12.7. The van der Waals surface area contributed by atoms with Crippen LogP contribution in [0.1, 0.15) is 46.9 Å². The quantitative estimate of drug-likeness (QED) is 0.394. The number of carbonyl (C=O) groups excluding carboxylic acids is 1. The van der Waals surface area contributed by atoms with E-state index in [-0.39, 0.29) is 11.9 Å². The van der Waals surface area contributed by atoms with Crippen molar-refractivity contribution < 1.29 is 9.90 Å². The van der Waals surface area contributed by atoms with Crippen molar-refractivity contribution in [3.63, 3.8) is 0 Å². The summed E-state index contributed by atoms with van der Waals surface area (Å²) in [5, 5.41) is 11.2. The van der Waals surface area contributed by atoms with Crippen molar-refractivity contribution in [2.45, 2.75) is 38.0 Å². The van der Waals surface area contributed by atoms with Gasteiger partial charge in [-0.05, 0) is 42.5 Å². The molecular formula is C30H31N5O2. The van der Waals surface area contributed by atoms with E-state index >= 15 is 0 Å². The third kappa shape index (κ3) is 5.52. The Kier molecular flexibility index (Phi) is 7.51. The molecular weight excluding hydrogens is 462 g/mol. The van der Waals surface area contributed by atoms with Gasteiger partial charge in [0.05, 0.1) is 23.4 Å². The highest BCUT2D eigenvalue weighted by atomic mass is 16.3. The van der Waals surface area contributed by atoms with E-state index < -0.39 is 6.10 Å². The molecule has 2 aromatic carbocycles. The standard InChI is InChI=1S/C30H31N5O2/c1-34(21-22-10-4-2-5-11-22)30-32-20-25(27(33-30)23-12-6-3-7-13-23)29(37)35-19-9-8-14-26(35)28(36)24-15-17-31-18-16-24/h2-7,10-13,15-18,20,26,28,36H,8-9,14,19,21H2,1H3. The highest BCUT2D eigenvalue weighted by molar-refractivity contribution is 6.00. The van der Waals surface area contributed by atoms with Crippen molar-refractivity contribution in [1.82, 2.24) is 19.9 Å². The van der Waals surface area contributed by atoms with Crippen LogP contribution >= 0.6 is 0 Å². The summed E-state index contributed by atoms with van der Waals surface area (Å²) in [6, 6.07) is 23.2. The second kappa shape index (κ2) is 11.3. The molecule has 0 aliphatic carbocycles. The highest BCUT2D eigenvalue weighted by Gasteiger charge is 2.34. The van der Waals surface area contributed by atoms with Gasteiger partial charge in [-0.3, -0.25) is 9.78 Å². The molecule has 1 N–H and O–H groups in total. The number of likely N-dealkylation sites (tertiary alicyclic amines) is 1. The minimum Gasteiger partial charge on any atom is -0.386 e. The second-order valence-electron chi connectivity index (χ2n) is 9.43. The van der Waals surface area contributed by atoms with Crippen molar-refractivity contribution >= 4 is 11.9 Å². The van der Waals surface area contributed by atoms with Gasteiger partial charge in [0.1, 0.15) is 0 Å². The molecule has 2 aromatic heterocycles. The first kappa shape index (κ1) is 24.6. The van der Waals surface area contributed by atoms with E-state index in [0.29, 0.717) is 30.3 Å². The average molecular weight is 494 g/mol. The van der Waals surface area contributed by atoms with Gasteiger partial charge in [0.15, 0.2) is 0 Å². The highest BCUT2D eigenvalue weighted by Crippen LogP contribution is 2.32. The SMILES string of the molecule is CN(Cc1ccccc1)c1ncc(C(=O)N2CCCCC2C(O)c2ccncc2)c(-c2ccccc2)n1. The predicted octanol–water partition coefficient (Wildman–Crippen LogP) is 4.90. The van der Waals surface area contributed by atoms with E-state index in [0.717, 1.165) is 36.0 Å². The molecule has 2 unspecified atom stereocenters. The topological polar surface area (TPSA) is 82.5 Å². The lowest BCUT2D eigenvalue weighted by Gasteiger charge is -2.39. The van der Waals surface area contributed by atoms with Gasteiger partial charge in [-0.2, -0.15) is 0 Å². The van der Waals surface area contributed by atoms with Gasteiger partial charge >= 0.3 is 0 Å². The van der Waals surface area contributed by atoms with Crippen molar-refractivity contribution in [2.75, 3.05) is 18.5 Å². The summed E-state index contributed by atoms with van der Waals surface area (Å²) in [6.07, 6.45) is 6.77. The molecule has 4 aromatic rings. The van der Waals surface area contributed by atoms with Gasteiger partial charge in [0.2, 0.25) is 5.95 Å². The lowest BCUT2D eigenvalue weighted by Crippen LogP contribution is -2.47. The fourth-order valence-corrected chi connectivity index (χ4v) is 4.93. The predicted molar refractivity (Wildman–Crippen MR) is 144 cm³/mol. The number of hydrogen-bond donors (Lipinski definition) is 1. The third-order valence-electron chi connectivity index (χ3n) is 6.88.